The van der Waals surface area contributed by atoms with E-state index in [0.29, 0.717) is 0 Å². The van der Waals surface area contributed by atoms with Gasteiger partial charge in [-0.1, -0.05) is 0 Å². The third-order valence-electron chi connectivity index (χ3n) is 7.35. The Morgan fingerprint density at radius 2 is 1.32 bits per heavy atom. The summed E-state index contributed by atoms with van der Waals surface area (Å²) in [7, 11) is 0. The Kier molecular flexibility index (Phi) is 5.29. The molecule has 2 atom stereocenters. The molecule has 8 N–H and O–H groups in total. The largest absolute Gasteiger partial charge is 0.508 e. The Balaban J connectivity index is 1.52. The standard InChI is InChI=1S/C30H18O14/c31-13-7-19(41-27(37)11-1-3-15(33)17(35)5-11)23-21(9-13)44-30(40)26-24-20(42-28(38)25(23)26)8-14(32)10-22(24)43-29(30,39)12-2-4-16(34)18(36)6-12/h1-10,31-36,39-40H. The summed E-state index contributed by atoms with van der Waals surface area (Å²) in [5.74, 6) is -11.9. The number of carbonyl (C=O) groups excluding carboxylic acids is 1. The number of esters is 1. The van der Waals surface area contributed by atoms with E-state index in [4.69, 9.17) is 18.6 Å². The monoisotopic (exact) mass is 602 g/mol. The van der Waals surface area contributed by atoms with E-state index in [1.807, 2.05) is 0 Å². The van der Waals surface area contributed by atoms with Crippen molar-refractivity contribution in [3.63, 3.8) is 0 Å². The maximum absolute atomic E-state index is 13.6. The van der Waals surface area contributed by atoms with Crippen LogP contribution in [-0.4, -0.2) is 46.8 Å². The average Bonchev–Trinajstić information content (AvgIpc) is 2.94. The van der Waals surface area contributed by atoms with Gasteiger partial charge in [-0.2, -0.15) is 0 Å². The number of phenolic OH excluding ortho intramolecular Hbond substituents is 6. The van der Waals surface area contributed by atoms with E-state index < -0.39 is 80.3 Å². The van der Waals surface area contributed by atoms with Crippen LogP contribution >= 0.6 is 0 Å². The van der Waals surface area contributed by atoms with Gasteiger partial charge in [0.25, 0.3) is 0 Å². The van der Waals surface area contributed by atoms with Crippen molar-refractivity contribution in [1.82, 2.24) is 0 Å². The van der Waals surface area contributed by atoms with Crippen LogP contribution in [0.25, 0.3) is 22.1 Å². The van der Waals surface area contributed by atoms with Crippen molar-refractivity contribution in [2.45, 2.75) is 11.6 Å². The summed E-state index contributed by atoms with van der Waals surface area (Å²) in [6.45, 7) is 0. The first-order chi connectivity index (χ1) is 20.8. The predicted octanol–water partition coefficient (Wildman–Crippen LogP) is 2.69. The van der Waals surface area contributed by atoms with Crippen LogP contribution in [0.15, 0.2) is 69.9 Å². The molecule has 0 aliphatic carbocycles. The molecule has 44 heavy (non-hydrogen) atoms. The highest BCUT2D eigenvalue weighted by molar-refractivity contribution is 5.99. The molecule has 0 fully saturated rings. The van der Waals surface area contributed by atoms with Gasteiger partial charge in [0.2, 0.25) is 0 Å². The number of aromatic hydroxyl groups is 6. The lowest BCUT2D eigenvalue weighted by Crippen LogP contribution is -2.60. The van der Waals surface area contributed by atoms with Crippen LogP contribution in [0.5, 0.6) is 51.7 Å². The molecule has 0 radical (unpaired) electrons. The van der Waals surface area contributed by atoms with Gasteiger partial charge < -0.3 is 59.5 Å². The van der Waals surface area contributed by atoms with Crippen LogP contribution in [-0.2, 0) is 11.6 Å². The number of ether oxygens (including phenoxy) is 3. The zero-order valence-electron chi connectivity index (χ0n) is 21.8. The summed E-state index contributed by atoms with van der Waals surface area (Å²) >= 11 is 0. The molecule has 0 bridgehead atoms. The normalized spacial score (nSPS) is 19.5. The number of phenols is 6. The van der Waals surface area contributed by atoms with Crippen molar-refractivity contribution in [1.29, 1.82) is 0 Å². The van der Waals surface area contributed by atoms with Gasteiger partial charge in [-0.25, -0.2) is 9.59 Å². The fourth-order valence-corrected chi connectivity index (χ4v) is 5.39. The highest BCUT2D eigenvalue weighted by atomic mass is 16.7. The van der Waals surface area contributed by atoms with Crippen LogP contribution in [0, 0.1) is 0 Å². The van der Waals surface area contributed by atoms with Gasteiger partial charge in [-0.05, 0) is 36.4 Å². The molecule has 14 heteroatoms. The molecule has 222 valence electrons. The average molecular weight is 602 g/mol. The molecule has 2 aliphatic rings. The van der Waals surface area contributed by atoms with Gasteiger partial charge in [0.1, 0.15) is 34.3 Å². The fraction of sp³-hybridized carbons (Fsp3) is 0.0667. The maximum Gasteiger partial charge on any atom is 0.345 e. The molecular weight excluding hydrogens is 584 g/mol. The zero-order chi connectivity index (χ0) is 31.3. The van der Waals surface area contributed by atoms with Gasteiger partial charge in [0.15, 0.2) is 23.0 Å². The topological polar surface area (TPSA) is 237 Å². The first kappa shape index (κ1) is 26.8. The number of carbonyl (C=O) groups is 1. The fourth-order valence-electron chi connectivity index (χ4n) is 5.39. The number of hydrogen-bond donors (Lipinski definition) is 8. The van der Waals surface area contributed by atoms with E-state index in [2.05, 4.69) is 0 Å². The van der Waals surface area contributed by atoms with Crippen molar-refractivity contribution >= 4 is 16.9 Å². The Morgan fingerprint density at radius 3 is 2.02 bits per heavy atom. The lowest BCUT2D eigenvalue weighted by Gasteiger charge is -2.48. The number of aliphatic hydroxyl groups is 2. The van der Waals surface area contributed by atoms with Crippen molar-refractivity contribution in [2.75, 3.05) is 0 Å². The second-order valence-corrected chi connectivity index (χ2v) is 10.1. The first-order valence-corrected chi connectivity index (χ1v) is 12.6. The third-order valence-corrected chi connectivity index (χ3v) is 7.35. The number of benzene rings is 4. The van der Waals surface area contributed by atoms with E-state index in [-0.39, 0.29) is 33.4 Å². The Labute approximate surface area is 243 Å². The molecule has 0 saturated heterocycles. The molecule has 0 spiro atoms. The molecule has 2 aliphatic heterocycles. The van der Waals surface area contributed by atoms with Gasteiger partial charge in [-0.15, -0.1) is 0 Å². The quantitative estimate of drug-likeness (QED) is 0.0642. The van der Waals surface area contributed by atoms with Crippen LogP contribution in [0.1, 0.15) is 21.5 Å². The molecule has 5 aromatic rings. The molecule has 1 aromatic heterocycles. The molecule has 4 aromatic carbocycles. The number of hydrogen-bond acceptors (Lipinski definition) is 14. The molecule has 2 unspecified atom stereocenters. The smallest absolute Gasteiger partial charge is 0.345 e. The Bertz CT molecular complexity index is 2150. The second kappa shape index (κ2) is 8.70. The van der Waals surface area contributed by atoms with Crippen LogP contribution in [0.2, 0.25) is 0 Å². The van der Waals surface area contributed by atoms with Crippen LogP contribution in [0.3, 0.4) is 0 Å². The van der Waals surface area contributed by atoms with E-state index in [9.17, 15) is 50.4 Å². The summed E-state index contributed by atoms with van der Waals surface area (Å²) in [6.07, 6.45) is 0. The molecular formula is C30H18O14. The predicted molar refractivity (Wildman–Crippen MR) is 145 cm³/mol. The van der Waals surface area contributed by atoms with Gasteiger partial charge in [0.05, 0.1) is 27.6 Å². The van der Waals surface area contributed by atoms with E-state index in [1.165, 1.54) is 0 Å². The molecule has 14 nitrogen and oxygen atoms in total. The van der Waals surface area contributed by atoms with Crippen molar-refractivity contribution in [2.24, 2.45) is 0 Å². The molecule has 7 rings (SSSR count). The lowest BCUT2D eigenvalue weighted by atomic mass is 9.80. The number of rotatable bonds is 3. The second-order valence-electron chi connectivity index (χ2n) is 10.1. The Morgan fingerprint density at radius 1 is 0.682 bits per heavy atom. The highest BCUT2D eigenvalue weighted by Gasteiger charge is 2.64. The minimum absolute atomic E-state index is 0.132. The summed E-state index contributed by atoms with van der Waals surface area (Å²) in [5, 5.41) is 84.4. The summed E-state index contributed by atoms with van der Waals surface area (Å²) in [5.41, 5.74) is -3.29. The van der Waals surface area contributed by atoms with Crippen molar-refractivity contribution in [3.05, 3.63) is 87.8 Å². The highest BCUT2D eigenvalue weighted by Crippen LogP contribution is 2.60. The summed E-state index contributed by atoms with van der Waals surface area (Å²) < 4.78 is 22.6. The number of fused-ring (bicyclic) bond motifs is 2. The third kappa shape index (κ3) is 3.55. The van der Waals surface area contributed by atoms with Gasteiger partial charge in [-0.3, -0.25) is 0 Å². The molecule has 0 saturated carbocycles. The molecule has 0 amide bonds. The maximum atomic E-state index is 13.6. The van der Waals surface area contributed by atoms with E-state index >= 15 is 0 Å². The van der Waals surface area contributed by atoms with Gasteiger partial charge >= 0.3 is 23.2 Å². The van der Waals surface area contributed by atoms with Crippen molar-refractivity contribution < 1.29 is 64.3 Å². The van der Waals surface area contributed by atoms with Crippen LogP contribution in [0.4, 0.5) is 0 Å². The summed E-state index contributed by atoms with van der Waals surface area (Å²) in [4.78, 5) is 26.7. The van der Waals surface area contributed by atoms with E-state index in [0.717, 1.165) is 60.7 Å². The Hall–Kier alpha value is -6.12. The SMILES string of the molecule is O=C(Oc1cc(O)cc2c1-c1c3c4c(cc(O)cc4oc1=O)OC(O)(c1ccc(O)c(O)c1)C3(O)O2)c1ccc(O)c(O)c1. The lowest BCUT2D eigenvalue weighted by molar-refractivity contribution is -0.352. The van der Waals surface area contributed by atoms with Gasteiger partial charge in [0, 0.05) is 29.8 Å². The van der Waals surface area contributed by atoms with E-state index in [1.54, 1.807) is 0 Å². The summed E-state index contributed by atoms with van der Waals surface area (Å²) in [6, 6.07) is 10.0. The first-order valence-electron chi connectivity index (χ1n) is 12.6. The minimum atomic E-state index is -3.05. The van der Waals surface area contributed by atoms with Crippen LogP contribution < -0.4 is 19.8 Å². The zero-order valence-corrected chi connectivity index (χ0v) is 21.8. The minimum Gasteiger partial charge on any atom is -0.508 e. The molecule has 3 heterocycles. The van der Waals surface area contributed by atoms with Crippen molar-refractivity contribution in [3.8, 4) is 62.9 Å².